The number of hydrogen-bond acceptors (Lipinski definition) is 7. The van der Waals surface area contributed by atoms with Gasteiger partial charge in [-0.25, -0.2) is 0 Å². The van der Waals surface area contributed by atoms with Gasteiger partial charge < -0.3 is 30.5 Å². The molecule has 0 aliphatic rings. The zero-order valence-corrected chi connectivity index (χ0v) is 36.7. The van der Waals surface area contributed by atoms with Crippen LogP contribution in [0.25, 0.3) is 0 Å². The topological polar surface area (TPSA) is 162 Å². The highest BCUT2D eigenvalue weighted by atomic mass is 16.5. The first-order valence-corrected chi connectivity index (χ1v) is 22.7. The molecule has 11 nitrogen and oxygen atoms in total. The lowest BCUT2D eigenvalue weighted by Gasteiger charge is -2.25. The number of carboxylic acid groups (broad SMARTS) is 2. The Morgan fingerprint density at radius 3 is 1.30 bits per heavy atom. The van der Waals surface area contributed by atoms with Gasteiger partial charge in [-0.3, -0.25) is 24.0 Å². The first kappa shape index (κ1) is 53.3. The van der Waals surface area contributed by atoms with Crippen LogP contribution in [0.3, 0.4) is 0 Å². The van der Waals surface area contributed by atoms with Crippen molar-refractivity contribution in [1.82, 2.24) is 15.5 Å². The van der Waals surface area contributed by atoms with Gasteiger partial charge in [0.1, 0.15) is 6.10 Å². The van der Waals surface area contributed by atoms with Crippen LogP contribution in [0.5, 0.6) is 0 Å². The second-order valence-electron chi connectivity index (χ2n) is 16.7. The van der Waals surface area contributed by atoms with E-state index in [1.165, 1.54) is 38.5 Å². The van der Waals surface area contributed by atoms with Gasteiger partial charge in [-0.1, -0.05) is 105 Å². The van der Waals surface area contributed by atoms with Crippen LogP contribution in [-0.4, -0.2) is 84.7 Å². The molecule has 0 aromatic heterocycles. The van der Waals surface area contributed by atoms with Crippen molar-refractivity contribution >= 4 is 29.7 Å². The fourth-order valence-corrected chi connectivity index (χ4v) is 7.41. The lowest BCUT2D eigenvalue weighted by atomic mass is 9.88. The van der Waals surface area contributed by atoms with Gasteiger partial charge >= 0.3 is 17.9 Å². The van der Waals surface area contributed by atoms with Crippen LogP contribution in [0.1, 0.15) is 195 Å². The van der Waals surface area contributed by atoms with Crippen molar-refractivity contribution in [1.29, 1.82) is 0 Å². The Labute approximate surface area is 341 Å². The largest absolute Gasteiger partial charge is 0.481 e. The summed E-state index contributed by atoms with van der Waals surface area (Å²) in [5.41, 5.74) is 0. The molecule has 56 heavy (non-hydrogen) atoms. The monoisotopic (exact) mass is 796 g/mol. The number of unbranched alkanes of at least 4 members (excludes halogenated alkanes) is 8. The molecular weight excluding hydrogens is 711 g/mol. The molecule has 0 saturated heterocycles. The van der Waals surface area contributed by atoms with Gasteiger partial charge in [-0.2, -0.15) is 0 Å². The number of esters is 1. The molecular formula is C45H85N3O8. The first-order chi connectivity index (χ1) is 26.9. The summed E-state index contributed by atoms with van der Waals surface area (Å²) in [6.07, 6.45) is 19.7. The Balaban J connectivity index is 5.37. The van der Waals surface area contributed by atoms with Crippen molar-refractivity contribution in [2.75, 3.05) is 33.7 Å². The zero-order valence-electron chi connectivity index (χ0n) is 36.7. The lowest BCUT2D eigenvalue weighted by molar-refractivity contribution is -0.157. The van der Waals surface area contributed by atoms with Crippen LogP contribution in [0.4, 0.5) is 0 Å². The number of amides is 2. The summed E-state index contributed by atoms with van der Waals surface area (Å²) in [5.74, 6) is -3.70. The predicted octanol–water partition coefficient (Wildman–Crippen LogP) is 9.55. The molecule has 0 fully saturated rings. The van der Waals surface area contributed by atoms with Gasteiger partial charge in [0.15, 0.2) is 0 Å². The molecule has 0 aromatic rings. The van der Waals surface area contributed by atoms with Gasteiger partial charge in [0.25, 0.3) is 0 Å². The average molecular weight is 796 g/mol. The summed E-state index contributed by atoms with van der Waals surface area (Å²) < 4.78 is 5.79. The van der Waals surface area contributed by atoms with Crippen LogP contribution >= 0.6 is 0 Å². The Morgan fingerprint density at radius 2 is 0.929 bits per heavy atom. The molecule has 4 N–H and O–H groups in total. The predicted molar refractivity (Wildman–Crippen MR) is 226 cm³/mol. The van der Waals surface area contributed by atoms with Crippen molar-refractivity contribution in [3.8, 4) is 0 Å². The number of carbonyl (C=O) groups excluding carboxylic acids is 3. The molecule has 0 aromatic carbocycles. The van der Waals surface area contributed by atoms with Crippen LogP contribution in [0.2, 0.25) is 0 Å². The van der Waals surface area contributed by atoms with E-state index in [2.05, 4.69) is 38.3 Å². The highest BCUT2D eigenvalue weighted by molar-refractivity contribution is 5.76. The Morgan fingerprint density at radius 1 is 0.518 bits per heavy atom. The number of aliphatic carboxylic acids is 2. The molecule has 0 aliphatic heterocycles. The third kappa shape index (κ3) is 30.4. The molecule has 2 amide bonds. The van der Waals surface area contributed by atoms with Crippen LogP contribution in [0, 0.1) is 23.7 Å². The second-order valence-corrected chi connectivity index (χ2v) is 16.7. The molecule has 11 heteroatoms. The maximum absolute atomic E-state index is 12.9. The van der Waals surface area contributed by atoms with E-state index in [0.29, 0.717) is 50.7 Å². The van der Waals surface area contributed by atoms with E-state index in [1.807, 2.05) is 19.0 Å². The number of hydrogen-bond donors (Lipinski definition) is 4. The molecule has 0 heterocycles. The summed E-state index contributed by atoms with van der Waals surface area (Å²) >= 11 is 0. The second kappa shape index (κ2) is 35.5. The molecule has 4 atom stereocenters. The van der Waals surface area contributed by atoms with Crippen molar-refractivity contribution in [3.05, 3.63) is 0 Å². The maximum atomic E-state index is 12.9. The minimum atomic E-state index is -1.06. The van der Waals surface area contributed by atoms with E-state index in [1.54, 1.807) is 0 Å². The lowest BCUT2D eigenvalue weighted by Crippen LogP contribution is -2.31. The number of ether oxygens (including phenoxy) is 1. The third-order valence-corrected chi connectivity index (χ3v) is 11.0. The number of carboxylic acids is 2. The van der Waals surface area contributed by atoms with E-state index in [0.717, 1.165) is 64.2 Å². The van der Waals surface area contributed by atoms with E-state index < -0.39 is 35.8 Å². The highest BCUT2D eigenvalue weighted by Crippen LogP contribution is 2.26. The molecule has 4 unspecified atom stereocenters. The Hall–Kier alpha value is -2.69. The average Bonchev–Trinajstić information content (AvgIpc) is 3.15. The molecule has 0 spiro atoms. The smallest absolute Gasteiger partial charge is 0.306 e. The van der Waals surface area contributed by atoms with Crippen molar-refractivity contribution in [3.63, 3.8) is 0 Å². The minimum Gasteiger partial charge on any atom is -0.481 e. The number of nitrogens with one attached hydrogen (secondary N) is 2. The quantitative estimate of drug-likeness (QED) is 0.0351. The van der Waals surface area contributed by atoms with Gasteiger partial charge in [0, 0.05) is 32.4 Å². The van der Waals surface area contributed by atoms with E-state index >= 15 is 0 Å². The molecule has 0 aliphatic carbocycles. The fraction of sp³-hybridized carbons (Fsp3) is 0.889. The van der Waals surface area contributed by atoms with Crippen LogP contribution in [-0.2, 0) is 28.7 Å². The fourth-order valence-electron chi connectivity index (χ4n) is 7.41. The van der Waals surface area contributed by atoms with E-state index in [4.69, 9.17) is 4.74 Å². The standard InChI is InChI=1S/C45H85N3O8/c1-7-11-15-17-24-36(22-13-9-3)34-46-41(49)28-19-26-38(44(52)53)32-40(56-43(51)30-21-31-48(5)6)33-39(45(54)55)27-20-29-42(50)47-35-37(23-14-10-4)25-18-16-12-8-2/h36-40H,7-35H2,1-6H3,(H,46,49)(H,47,50)(H,52,53)(H,54,55). The normalized spacial score (nSPS) is 14.1. The van der Waals surface area contributed by atoms with Crippen molar-refractivity contribution < 1.29 is 38.9 Å². The van der Waals surface area contributed by atoms with Gasteiger partial charge in [-0.15, -0.1) is 0 Å². The summed E-state index contributed by atoms with van der Waals surface area (Å²) in [6.45, 7) is 10.7. The number of rotatable bonds is 39. The third-order valence-electron chi connectivity index (χ3n) is 11.0. The molecule has 0 rings (SSSR count). The minimum absolute atomic E-state index is 0.0328. The van der Waals surface area contributed by atoms with E-state index in [-0.39, 0.29) is 56.8 Å². The first-order valence-electron chi connectivity index (χ1n) is 22.7. The van der Waals surface area contributed by atoms with Gasteiger partial charge in [0.2, 0.25) is 11.8 Å². The molecule has 0 saturated carbocycles. The summed E-state index contributed by atoms with van der Waals surface area (Å²) in [4.78, 5) is 65.3. The van der Waals surface area contributed by atoms with Gasteiger partial charge in [0.05, 0.1) is 11.8 Å². The molecule has 328 valence electrons. The van der Waals surface area contributed by atoms with Crippen LogP contribution < -0.4 is 10.6 Å². The van der Waals surface area contributed by atoms with Crippen molar-refractivity contribution in [2.45, 2.75) is 201 Å². The Bertz CT molecular complexity index is 973. The van der Waals surface area contributed by atoms with Crippen LogP contribution in [0.15, 0.2) is 0 Å². The molecule has 0 bridgehead atoms. The number of carbonyl (C=O) groups is 5. The zero-order chi connectivity index (χ0) is 42.0. The molecule has 0 radical (unpaired) electrons. The summed E-state index contributed by atoms with van der Waals surface area (Å²) in [6, 6.07) is 0. The summed E-state index contributed by atoms with van der Waals surface area (Å²) in [7, 11) is 3.81. The van der Waals surface area contributed by atoms with Gasteiger partial charge in [-0.05, 0) is 103 Å². The highest BCUT2D eigenvalue weighted by Gasteiger charge is 2.30. The maximum Gasteiger partial charge on any atom is 0.306 e. The Kier molecular flexibility index (Phi) is 33.8. The summed E-state index contributed by atoms with van der Waals surface area (Å²) in [5, 5.41) is 26.5. The number of nitrogens with zero attached hydrogens (tertiary/aromatic N) is 1. The van der Waals surface area contributed by atoms with E-state index in [9.17, 15) is 34.2 Å². The SMILES string of the molecule is CCCCCCC(CCCC)CNC(=O)CCCC(CC(CC(CCCC(=O)NCC(CCCC)CCCCCC)C(=O)O)OC(=O)CCCN(C)C)C(=O)O. The van der Waals surface area contributed by atoms with Crippen molar-refractivity contribution in [2.24, 2.45) is 23.7 Å².